The maximum atomic E-state index is 11.6. The predicted octanol–water partition coefficient (Wildman–Crippen LogP) is 3.57. The van der Waals surface area contributed by atoms with E-state index in [1.165, 1.54) is 17.6 Å². The Hall–Kier alpha value is -1.84. The standard InChI is InChI=1S/C17H17BrN4O2S2/c1-22(26(2,23)24)15-8-6-12(7-9-15)16-11-25-17(21-20-16)19-14-5-3-4-13(18)10-14/h3-10H,11H2,1-2H3,(H,19,21). The van der Waals surface area contributed by atoms with Crippen LogP contribution in [0, 0.1) is 0 Å². The molecule has 0 spiro atoms. The molecule has 0 fully saturated rings. The molecular weight excluding hydrogens is 436 g/mol. The van der Waals surface area contributed by atoms with Crippen molar-refractivity contribution >= 4 is 60.0 Å². The van der Waals surface area contributed by atoms with Crippen molar-refractivity contribution < 1.29 is 8.42 Å². The number of nitrogens with one attached hydrogen (secondary N) is 1. The molecule has 0 bridgehead atoms. The summed E-state index contributed by atoms with van der Waals surface area (Å²) in [5.41, 5.74) is 6.27. The zero-order valence-corrected chi connectivity index (χ0v) is 17.4. The van der Waals surface area contributed by atoms with E-state index in [1.807, 2.05) is 36.4 Å². The SMILES string of the molecule is CN(c1ccc(C2=NNC(=Nc3cccc(Br)c3)SC2)cc1)S(C)(=O)=O. The third kappa shape index (κ3) is 4.66. The van der Waals surface area contributed by atoms with Gasteiger partial charge >= 0.3 is 0 Å². The van der Waals surface area contributed by atoms with Crippen LogP contribution in [0.4, 0.5) is 11.4 Å². The molecule has 0 amide bonds. The van der Waals surface area contributed by atoms with Gasteiger partial charge in [0.25, 0.3) is 0 Å². The summed E-state index contributed by atoms with van der Waals surface area (Å²) in [5.74, 6) is 0.682. The Balaban J connectivity index is 1.73. The van der Waals surface area contributed by atoms with Gasteiger partial charge in [0.05, 0.1) is 23.3 Å². The van der Waals surface area contributed by atoms with Gasteiger partial charge in [0.1, 0.15) is 0 Å². The number of amidine groups is 1. The molecule has 0 saturated carbocycles. The Kier molecular flexibility index (Phi) is 5.69. The quantitative estimate of drug-likeness (QED) is 0.768. The monoisotopic (exact) mass is 452 g/mol. The van der Waals surface area contributed by atoms with E-state index in [1.54, 1.807) is 23.9 Å². The van der Waals surface area contributed by atoms with E-state index in [4.69, 9.17) is 0 Å². The highest BCUT2D eigenvalue weighted by molar-refractivity contribution is 9.10. The fraction of sp³-hybridized carbons (Fsp3) is 0.176. The van der Waals surface area contributed by atoms with Crippen molar-refractivity contribution in [1.82, 2.24) is 5.43 Å². The number of benzene rings is 2. The van der Waals surface area contributed by atoms with Crippen LogP contribution >= 0.6 is 27.7 Å². The molecule has 0 unspecified atom stereocenters. The number of sulfonamides is 1. The highest BCUT2D eigenvalue weighted by Gasteiger charge is 2.15. The summed E-state index contributed by atoms with van der Waals surface area (Å²) in [4.78, 5) is 4.53. The molecule has 9 heteroatoms. The van der Waals surface area contributed by atoms with Crippen molar-refractivity contribution in [3.8, 4) is 0 Å². The molecular formula is C17H17BrN4O2S2. The molecule has 26 heavy (non-hydrogen) atoms. The maximum Gasteiger partial charge on any atom is 0.231 e. The van der Waals surface area contributed by atoms with Crippen molar-refractivity contribution in [2.45, 2.75) is 0 Å². The van der Waals surface area contributed by atoms with E-state index >= 15 is 0 Å². The summed E-state index contributed by atoms with van der Waals surface area (Å²) in [5, 5.41) is 5.13. The minimum absolute atomic E-state index is 0.616. The van der Waals surface area contributed by atoms with Crippen LogP contribution < -0.4 is 9.73 Å². The van der Waals surface area contributed by atoms with Crippen LogP contribution in [0.3, 0.4) is 0 Å². The van der Waals surface area contributed by atoms with Crippen LogP contribution in [-0.4, -0.2) is 38.4 Å². The lowest BCUT2D eigenvalue weighted by Crippen LogP contribution is -2.26. The van der Waals surface area contributed by atoms with Crippen molar-refractivity contribution in [3.05, 3.63) is 58.6 Å². The van der Waals surface area contributed by atoms with Gasteiger partial charge in [-0.05, 0) is 35.9 Å². The highest BCUT2D eigenvalue weighted by atomic mass is 79.9. The molecule has 1 aliphatic rings. The molecule has 0 saturated heterocycles. The number of hydrazone groups is 1. The molecule has 0 aliphatic carbocycles. The number of hydrogen-bond acceptors (Lipinski definition) is 5. The second-order valence-corrected chi connectivity index (χ2v) is 9.53. The third-order valence-electron chi connectivity index (χ3n) is 3.73. The molecule has 1 heterocycles. The minimum Gasteiger partial charge on any atom is -0.274 e. The van der Waals surface area contributed by atoms with Gasteiger partial charge in [-0.25, -0.2) is 13.4 Å². The summed E-state index contributed by atoms with van der Waals surface area (Å²) >= 11 is 5.00. The van der Waals surface area contributed by atoms with Gasteiger partial charge in [-0.15, -0.1) is 0 Å². The first-order chi connectivity index (χ1) is 12.3. The number of nitrogens with zero attached hydrogens (tertiary/aromatic N) is 3. The Bertz CT molecular complexity index is 973. The van der Waals surface area contributed by atoms with Gasteiger partial charge in [-0.2, -0.15) is 5.10 Å². The van der Waals surface area contributed by atoms with E-state index in [-0.39, 0.29) is 0 Å². The van der Waals surface area contributed by atoms with Crippen LogP contribution in [-0.2, 0) is 10.0 Å². The van der Waals surface area contributed by atoms with Crippen LogP contribution in [0.2, 0.25) is 0 Å². The number of thioether (sulfide) groups is 1. The molecule has 1 aliphatic heterocycles. The van der Waals surface area contributed by atoms with Gasteiger partial charge in [-0.3, -0.25) is 9.73 Å². The average Bonchev–Trinajstić information content (AvgIpc) is 2.61. The molecule has 0 radical (unpaired) electrons. The van der Waals surface area contributed by atoms with E-state index in [0.29, 0.717) is 11.4 Å². The Morgan fingerprint density at radius 3 is 2.54 bits per heavy atom. The first kappa shape index (κ1) is 18.9. The first-order valence-corrected chi connectivity index (χ1v) is 11.3. The number of aliphatic imine (C=N–C) groups is 1. The summed E-state index contributed by atoms with van der Waals surface area (Å²) in [6, 6.07) is 15.0. The Labute approximate surface area is 165 Å². The van der Waals surface area contributed by atoms with Crippen LogP contribution in [0.5, 0.6) is 0 Å². The number of hydrogen-bond donors (Lipinski definition) is 1. The summed E-state index contributed by atoms with van der Waals surface area (Å²) in [7, 11) is -1.73. The molecule has 0 atom stereocenters. The van der Waals surface area contributed by atoms with Crippen LogP contribution in [0.1, 0.15) is 5.56 Å². The van der Waals surface area contributed by atoms with E-state index in [9.17, 15) is 8.42 Å². The molecule has 0 aromatic heterocycles. The zero-order chi connectivity index (χ0) is 18.7. The predicted molar refractivity (Wildman–Crippen MR) is 113 cm³/mol. The van der Waals surface area contributed by atoms with Crippen molar-refractivity contribution in [3.63, 3.8) is 0 Å². The lowest BCUT2D eigenvalue weighted by Gasteiger charge is -2.18. The third-order valence-corrected chi connectivity index (χ3v) is 6.31. The van der Waals surface area contributed by atoms with Gasteiger partial charge < -0.3 is 0 Å². The van der Waals surface area contributed by atoms with Crippen LogP contribution in [0.25, 0.3) is 0 Å². The number of anilines is 1. The fourth-order valence-corrected chi connectivity index (χ4v) is 3.92. The normalized spacial score (nSPS) is 16.1. The van der Waals surface area contributed by atoms with Crippen molar-refractivity contribution in [1.29, 1.82) is 0 Å². The van der Waals surface area contributed by atoms with Gasteiger partial charge in [0, 0.05) is 17.3 Å². The summed E-state index contributed by atoms with van der Waals surface area (Å²) in [6.07, 6.45) is 1.18. The first-order valence-electron chi connectivity index (χ1n) is 7.67. The summed E-state index contributed by atoms with van der Waals surface area (Å²) in [6.45, 7) is 0. The second-order valence-electron chi connectivity index (χ2n) is 5.63. The molecule has 1 N–H and O–H groups in total. The second kappa shape index (κ2) is 7.81. The number of halogens is 1. The lowest BCUT2D eigenvalue weighted by atomic mass is 10.1. The Morgan fingerprint density at radius 2 is 1.96 bits per heavy atom. The fourth-order valence-electron chi connectivity index (χ4n) is 2.24. The topological polar surface area (TPSA) is 74.1 Å². The maximum absolute atomic E-state index is 11.6. The molecule has 2 aromatic rings. The number of rotatable bonds is 4. The van der Waals surface area contributed by atoms with E-state index in [0.717, 1.165) is 26.6 Å². The highest BCUT2D eigenvalue weighted by Crippen LogP contribution is 2.22. The lowest BCUT2D eigenvalue weighted by molar-refractivity contribution is 0.600. The van der Waals surface area contributed by atoms with Crippen molar-refractivity contribution in [2.75, 3.05) is 23.4 Å². The van der Waals surface area contributed by atoms with Gasteiger partial charge in [-0.1, -0.05) is 45.9 Å². The molecule has 2 aromatic carbocycles. The van der Waals surface area contributed by atoms with E-state index in [2.05, 4.69) is 31.4 Å². The van der Waals surface area contributed by atoms with E-state index < -0.39 is 10.0 Å². The molecule has 6 nitrogen and oxygen atoms in total. The Morgan fingerprint density at radius 1 is 1.23 bits per heavy atom. The molecule has 136 valence electrons. The molecule has 3 rings (SSSR count). The average molecular weight is 453 g/mol. The van der Waals surface area contributed by atoms with Crippen LogP contribution in [0.15, 0.2) is 63.1 Å². The largest absolute Gasteiger partial charge is 0.274 e. The minimum atomic E-state index is -3.27. The van der Waals surface area contributed by atoms with Gasteiger partial charge in [0.2, 0.25) is 10.0 Å². The summed E-state index contributed by atoms with van der Waals surface area (Å²) < 4.78 is 25.4. The zero-order valence-electron chi connectivity index (χ0n) is 14.2. The smallest absolute Gasteiger partial charge is 0.231 e. The van der Waals surface area contributed by atoms with Gasteiger partial charge in [0.15, 0.2) is 5.17 Å². The van der Waals surface area contributed by atoms with Crippen molar-refractivity contribution in [2.24, 2.45) is 10.1 Å².